The van der Waals surface area contributed by atoms with E-state index < -0.39 is 10.8 Å². The number of nitrogens with one attached hydrogen (secondary N) is 2. The number of hydrogen-bond acceptors (Lipinski definition) is 3. The van der Waals surface area contributed by atoms with Gasteiger partial charge in [-0.25, -0.2) is 4.79 Å². The third kappa shape index (κ3) is 8.00. The summed E-state index contributed by atoms with van der Waals surface area (Å²) in [5.41, 5.74) is 1.10. The molecule has 21 heavy (non-hydrogen) atoms. The summed E-state index contributed by atoms with van der Waals surface area (Å²) in [6.45, 7) is 1.20. The van der Waals surface area contributed by atoms with Crippen molar-refractivity contribution in [3.63, 3.8) is 0 Å². The Morgan fingerprint density at radius 2 is 1.95 bits per heavy atom. The summed E-state index contributed by atoms with van der Waals surface area (Å²) in [4.78, 5) is 11.4. The number of amides is 2. The number of benzene rings is 1. The zero-order valence-corrected chi connectivity index (χ0v) is 12.9. The molecular formula is C15H20N2O3S. The SMILES string of the molecule is C#CCOc1ccc(CCNC(=O)NCCS(C)=O)cc1. The van der Waals surface area contributed by atoms with Crippen LogP contribution in [0.4, 0.5) is 4.79 Å². The first-order valence-electron chi connectivity index (χ1n) is 6.58. The van der Waals surface area contributed by atoms with Gasteiger partial charge in [0, 0.05) is 35.9 Å². The first kappa shape index (κ1) is 17.1. The second-order valence-corrected chi connectivity index (χ2v) is 5.90. The molecule has 0 heterocycles. The van der Waals surface area contributed by atoms with Crippen LogP contribution in [0.3, 0.4) is 0 Å². The van der Waals surface area contributed by atoms with Gasteiger partial charge in [0.2, 0.25) is 0 Å². The molecule has 0 aromatic heterocycles. The Balaban J connectivity index is 2.21. The predicted octanol–water partition coefficient (Wildman–Crippen LogP) is 0.919. The number of carbonyl (C=O) groups is 1. The Bertz CT molecular complexity index is 509. The van der Waals surface area contributed by atoms with Crippen LogP contribution in [-0.4, -0.2) is 41.9 Å². The lowest BCUT2D eigenvalue weighted by Gasteiger charge is -2.07. The summed E-state index contributed by atoms with van der Waals surface area (Å²) in [6.07, 6.45) is 7.45. The van der Waals surface area contributed by atoms with Crippen molar-refractivity contribution in [2.75, 3.05) is 31.7 Å². The minimum Gasteiger partial charge on any atom is -0.481 e. The minimum absolute atomic E-state index is 0.241. The molecule has 6 heteroatoms. The third-order valence-corrected chi connectivity index (χ3v) is 3.40. The van der Waals surface area contributed by atoms with Gasteiger partial charge in [-0.3, -0.25) is 4.21 Å². The van der Waals surface area contributed by atoms with Crippen molar-refractivity contribution >= 4 is 16.8 Å². The van der Waals surface area contributed by atoms with Gasteiger partial charge in [0.05, 0.1) is 0 Å². The highest BCUT2D eigenvalue weighted by Gasteiger charge is 2.00. The first-order chi connectivity index (χ1) is 10.1. The molecule has 0 aliphatic carbocycles. The molecule has 0 fully saturated rings. The first-order valence-corrected chi connectivity index (χ1v) is 8.31. The fourth-order valence-electron chi connectivity index (χ4n) is 1.57. The van der Waals surface area contributed by atoms with Crippen molar-refractivity contribution < 1.29 is 13.7 Å². The molecule has 1 aromatic rings. The van der Waals surface area contributed by atoms with Crippen molar-refractivity contribution in [2.24, 2.45) is 0 Å². The van der Waals surface area contributed by atoms with Crippen molar-refractivity contribution in [3.8, 4) is 18.1 Å². The summed E-state index contributed by atoms with van der Waals surface area (Å²) < 4.78 is 16.1. The summed E-state index contributed by atoms with van der Waals surface area (Å²) in [7, 11) is -0.889. The number of hydrogen-bond donors (Lipinski definition) is 2. The monoisotopic (exact) mass is 308 g/mol. The highest BCUT2D eigenvalue weighted by Crippen LogP contribution is 2.12. The maximum Gasteiger partial charge on any atom is 0.314 e. The lowest BCUT2D eigenvalue weighted by molar-refractivity contribution is 0.241. The van der Waals surface area contributed by atoms with E-state index in [-0.39, 0.29) is 12.6 Å². The average Bonchev–Trinajstić information content (AvgIpc) is 2.46. The third-order valence-electron chi connectivity index (χ3n) is 2.62. The largest absolute Gasteiger partial charge is 0.481 e. The number of urea groups is 1. The van der Waals surface area contributed by atoms with Crippen molar-refractivity contribution in [3.05, 3.63) is 29.8 Å². The van der Waals surface area contributed by atoms with Gasteiger partial charge in [0.1, 0.15) is 12.4 Å². The Labute approximate surface area is 127 Å². The zero-order chi connectivity index (χ0) is 15.5. The minimum atomic E-state index is -0.889. The van der Waals surface area contributed by atoms with Crippen molar-refractivity contribution in [1.82, 2.24) is 10.6 Å². The van der Waals surface area contributed by atoms with E-state index in [0.717, 1.165) is 17.7 Å². The number of carbonyl (C=O) groups excluding carboxylic acids is 1. The normalized spacial score (nSPS) is 11.2. The molecule has 0 spiro atoms. The van der Waals surface area contributed by atoms with Crippen LogP contribution in [0.15, 0.2) is 24.3 Å². The number of rotatable bonds is 8. The van der Waals surface area contributed by atoms with E-state index >= 15 is 0 Å². The molecule has 114 valence electrons. The van der Waals surface area contributed by atoms with Crippen LogP contribution in [0.25, 0.3) is 0 Å². The lowest BCUT2D eigenvalue weighted by atomic mass is 10.1. The molecule has 1 atom stereocenters. The number of terminal acetylenes is 1. The van der Waals surface area contributed by atoms with E-state index in [1.807, 2.05) is 24.3 Å². The van der Waals surface area contributed by atoms with E-state index in [1.165, 1.54) is 0 Å². The van der Waals surface area contributed by atoms with Gasteiger partial charge in [-0.2, -0.15) is 0 Å². The lowest BCUT2D eigenvalue weighted by Crippen LogP contribution is -2.38. The fraction of sp³-hybridized carbons (Fsp3) is 0.400. The molecular weight excluding hydrogens is 288 g/mol. The summed E-state index contributed by atoms with van der Waals surface area (Å²) in [5.74, 6) is 3.60. The van der Waals surface area contributed by atoms with Gasteiger partial charge < -0.3 is 15.4 Å². The molecule has 2 amide bonds. The average molecular weight is 308 g/mol. The summed E-state index contributed by atoms with van der Waals surface area (Å²) in [5, 5.41) is 5.40. The van der Waals surface area contributed by atoms with Crippen LogP contribution >= 0.6 is 0 Å². The van der Waals surface area contributed by atoms with Crippen LogP contribution in [0, 0.1) is 12.3 Å². The van der Waals surface area contributed by atoms with E-state index in [1.54, 1.807) is 6.26 Å². The van der Waals surface area contributed by atoms with E-state index in [9.17, 15) is 9.00 Å². The topological polar surface area (TPSA) is 67.4 Å². The van der Waals surface area contributed by atoms with Crippen LogP contribution in [0.5, 0.6) is 5.75 Å². The van der Waals surface area contributed by atoms with Crippen LogP contribution < -0.4 is 15.4 Å². The Kier molecular flexibility index (Phi) is 7.99. The van der Waals surface area contributed by atoms with Gasteiger partial charge in [-0.15, -0.1) is 6.42 Å². The highest BCUT2D eigenvalue weighted by atomic mass is 32.2. The Hall–Kier alpha value is -2.00. The standard InChI is InChI=1S/C15H20N2O3S/c1-3-11-20-14-6-4-13(5-7-14)8-9-16-15(18)17-10-12-21(2)19/h1,4-7H,8-12H2,2H3,(H2,16,17,18). The molecule has 0 saturated heterocycles. The number of ether oxygens (including phenoxy) is 1. The van der Waals surface area contributed by atoms with Gasteiger partial charge >= 0.3 is 6.03 Å². The van der Waals surface area contributed by atoms with E-state index in [2.05, 4.69) is 16.6 Å². The molecule has 2 N–H and O–H groups in total. The molecule has 1 aromatic carbocycles. The van der Waals surface area contributed by atoms with Crippen molar-refractivity contribution in [1.29, 1.82) is 0 Å². The molecule has 0 radical (unpaired) electrons. The maximum absolute atomic E-state index is 11.4. The van der Waals surface area contributed by atoms with E-state index in [0.29, 0.717) is 18.8 Å². The second kappa shape index (κ2) is 9.83. The summed E-state index contributed by atoms with van der Waals surface area (Å²) >= 11 is 0. The molecule has 0 aliphatic rings. The molecule has 0 saturated carbocycles. The Morgan fingerprint density at radius 3 is 2.57 bits per heavy atom. The van der Waals surface area contributed by atoms with Crippen molar-refractivity contribution in [2.45, 2.75) is 6.42 Å². The molecule has 0 bridgehead atoms. The molecule has 1 rings (SSSR count). The van der Waals surface area contributed by atoms with Crippen LogP contribution in [0.2, 0.25) is 0 Å². The zero-order valence-electron chi connectivity index (χ0n) is 12.1. The van der Waals surface area contributed by atoms with Gasteiger partial charge in [0.15, 0.2) is 0 Å². The summed E-state index contributed by atoms with van der Waals surface area (Å²) in [6, 6.07) is 7.33. The fourth-order valence-corrected chi connectivity index (χ4v) is 1.96. The molecule has 5 nitrogen and oxygen atoms in total. The molecule has 1 unspecified atom stereocenters. The highest BCUT2D eigenvalue weighted by molar-refractivity contribution is 7.84. The molecule has 0 aliphatic heterocycles. The Morgan fingerprint density at radius 1 is 1.29 bits per heavy atom. The van der Waals surface area contributed by atoms with Crippen LogP contribution in [-0.2, 0) is 17.2 Å². The van der Waals surface area contributed by atoms with E-state index in [4.69, 9.17) is 11.2 Å². The van der Waals surface area contributed by atoms with Gasteiger partial charge in [0.25, 0.3) is 0 Å². The smallest absolute Gasteiger partial charge is 0.314 e. The van der Waals surface area contributed by atoms with Gasteiger partial charge in [-0.05, 0) is 24.1 Å². The van der Waals surface area contributed by atoms with Gasteiger partial charge in [-0.1, -0.05) is 18.1 Å². The quantitative estimate of drug-likeness (QED) is 0.702. The maximum atomic E-state index is 11.4. The predicted molar refractivity (Wildman–Crippen MR) is 84.8 cm³/mol. The second-order valence-electron chi connectivity index (χ2n) is 4.35. The van der Waals surface area contributed by atoms with Crippen LogP contribution in [0.1, 0.15) is 5.56 Å².